The largest absolute Gasteiger partial charge is 0.322 e. The molecule has 0 atom stereocenters. The zero-order valence-corrected chi connectivity index (χ0v) is 16.5. The quantitative estimate of drug-likeness (QED) is 0.516. The van der Waals surface area contributed by atoms with Gasteiger partial charge in [-0.15, -0.1) is 0 Å². The number of sulfonamides is 1. The third-order valence-corrected chi connectivity index (χ3v) is 5.82. The number of Topliss-reactive ketones (excluding diaryl/α,β-unsaturated/α-hetero) is 1. The van der Waals surface area contributed by atoms with E-state index in [0.29, 0.717) is 12.5 Å². The van der Waals surface area contributed by atoms with Gasteiger partial charge in [0.2, 0.25) is 15.9 Å². The number of nitrogens with zero attached hydrogens (tertiary/aromatic N) is 1. The summed E-state index contributed by atoms with van der Waals surface area (Å²) in [5.41, 5.74) is -0.419. The molecule has 156 valence electrons. The average molecular weight is 428 g/mol. The number of ketones is 1. The molecule has 0 aliphatic rings. The second-order valence-corrected chi connectivity index (χ2v) is 8.13. The van der Waals surface area contributed by atoms with E-state index >= 15 is 0 Å². The van der Waals surface area contributed by atoms with Crippen LogP contribution in [0.3, 0.4) is 0 Å². The molecule has 0 saturated carbocycles. The summed E-state index contributed by atoms with van der Waals surface area (Å²) in [6.07, 6.45) is 0.373. The fraction of sp³-hybridized carbons (Fsp3) is 0.263. The summed E-state index contributed by atoms with van der Waals surface area (Å²) in [7, 11) is -4.14. The molecule has 0 spiro atoms. The van der Waals surface area contributed by atoms with E-state index in [1.807, 2.05) is 5.32 Å². The third kappa shape index (κ3) is 5.21. The molecule has 1 amide bonds. The molecular weight excluding hydrogens is 409 g/mol. The first-order chi connectivity index (χ1) is 13.6. The van der Waals surface area contributed by atoms with Gasteiger partial charge in [-0.3, -0.25) is 9.59 Å². The van der Waals surface area contributed by atoms with Crippen molar-refractivity contribution in [1.29, 1.82) is 0 Å². The standard InChI is InChI=1S/C19H19F3N2O4S/c1-3-9-24(29(27,28)14-6-4-5-13(10-14)12(2)25)11-17(26)23-16-8-7-15(20)18(21)19(16)22/h4-8,10H,3,9,11H2,1-2H3,(H,23,26). The van der Waals surface area contributed by atoms with Gasteiger partial charge in [-0.2, -0.15) is 4.31 Å². The number of carbonyl (C=O) groups is 2. The van der Waals surface area contributed by atoms with Gasteiger partial charge in [0.15, 0.2) is 23.2 Å². The summed E-state index contributed by atoms with van der Waals surface area (Å²) in [5, 5.41) is 2.04. The van der Waals surface area contributed by atoms with E-state index in [4.69, 9.17) is 0 Å². The van der Waals surface area contributed by atoms with Crippen LogP contribution in [0.2, 0.25) is 0 Å². The van der Waals surface area contributed by atoms with Crippen molar-refractivity contribution in [2.45, 2.75) is 25.2 Å². The van der Waals surface area contributed by atoms with Crippen molar-refractivity contribution < 1.29 is 31.2 Å². The molecule has 0 fully saturated rings. The average Bonchev–Trinajstić information content (AvgIpc) is 2.68. The van der Waals surface area contributed by atoms with Crippen LogP contribution in [-0.4, -0.2) is 37.5 Å². The zero-order valence-electron chi connectivity index (χ0n) is 15.7. The molecule has 0 bridgehead atoms. The van der Waals surface area contributed by atoms with Crippen LogP contribution < -0.4 is 5.32 Å². The Bertz CT molecular complexity index is 1040. The van der Waals surface area contributed by atoms with Crippen LogP contribution in [0.4, 0.5) is 18.9 Å². The molecule has 0 radical (unpaired) electrons. The molecule has 0 saturated heterocycles. The normalized spacial score (nSPS) is 11.5. The van der Waals surface area contributed by atoms with Crippen LogP contribution in [0, 0.1) is 17.5 Å². The monoisotopic (exact) mass is 428 g/mol. The molecule has 0 aliphatic heterocycles. The smallest absolute Gasteiger partial charge is 0.243 e. The van der Waals surface area contributed by atoms with E-state index in [-0.39, 0.29) is 22.8 Å². The molecule has 6 nitrogen and oxygen atoms in total. The number of amides is 1. The number of anilines is 1. The molecule has 29 heavy (non-hydrogen) atoms. The van der Waals surface area contributed by atoms with Crippen molar-refractivity contribution in [3.8, 4) is 0 Å². The molecule has 1 N–H and O–H groups in total. The van der Waals surface area contributed by atoms with E-state index < -0.39 is 45.6 Å². The van der Waals surface area contributed by atoms with Gasteiger partial charge in [-0.25, -0.2) is 21.6 Å². The van der Waals surface area contributed by atoms with Crippen molar-refractivity contribution in [3.63, 3.8) is 0 Å². The topological polar surface area (TPSA) is 83.6 Å². The molecular formula is C19H19F3N2O4S. The van der Waals surface area contributed by atoms with Crippen LogP contribution in [-0.2, 0) is 14.8 Å². The van der Waals surface area contributed by atoms with Crippen molar-refractivity contribution in [2.24, 2.45) is 0 Å². The predicted octanol–water partition coefficient (Wildman–Crippen LogP) is 3.35. The molecule has 10 heteroatoms. The van der Waals surface area contributed by atoms with E-state index in [1.54, 1.807) is 6.92 Å². The summed E-state index contributed by atoms with van der Waals surface area (Å²) >= 11 is 0. The third-order valence-electron chi connectivity index (χ3n) is 3.98. The second-order valence-electron chi connectivity index (χ2n) is 6.19. The van der Waals surface area contributed by atoms with Crippen molar-refractivity contribution >= 4 is 27.4 Å². The van der Waals surface area contributed by atoms with E-state index in [1.165, 1.54) is 31.2 Å². The van der Waals surface area contributed by atoms with Gasteiger partial charge in [0.1, 0.15) is 0 Å². The Morgan fingerprint density at radius 1 is 1.07 bits per heavy atom. The van der Waals surface area contributed by atoms with Gasteiger partial charge in [0, 0.05) is 12.1 Å². The Labute approximate surface area is 166 Å². The number of benzene rings is 2. The maximum absolute atomic E-state index is 13.7. The van der Waals surface area contributed by atoms with Crippen LogP contribution in [0.15, 0.2) is 41.3 Å². The number of hydrogen-bond donors (Lipinski definition) is 1. The maximum Gasteiger partial charge on any atom is 0.243 e. The minimum Gasteiger partial charge on any atom is -0.322 e. The van der Waals surface area contributed by atoms with Gasteiger partial charge in [0.25, 0.3) is 0 Å². The SMILES string of the molecule is CCCN(CC(=O)Nc1ccc(F)c(F)c1F)S(=O)(=O)c1cccc(C(C)=O)c1. The second kappa shape index (κ2) is 9.19. The van der Waals surface area contributed by atoms with Crippen LogP contribution in [0.25, 0.3) is 0 Å². The molecule has 0 unspecified atom stereocenters. The molecule has 0 heterocycles. The van der Waals surface area contributed by atoms with E-state index in [2.05, 4.69) is 0 Å². The van der Waals surface area contributed by atoms with Crippen LogP contribution in [0.1, 0.15) is 30.6 Å². The lowest BCUT2D eigenvalue weighted by Gasteiger charge is -2.21. The molecule has 0 aliphatic carbocycles. The minimum atomic E-state index is -4.14. The number of halogens is 3. The van der Waals surface area contributed by atoms with Gasteiger partial charge in [-0.05, 0) is 37.6 Å². The van der Waals surface area contributed by atoms with Crippen molar-refractivity contribution in [3.05, 3.63) is 59.4 Å². The highest BCUT2D eigenvalue weighted by molar-refractivity contribution is 7.89. The summed E-state index contributed by atoms with van der Waals surface area (Å²) in [6.45, 7) is 2.28. The van der Waals surface area contributed by atoms with Crippen LogP contribution >= 0.6 is 0 Å². The zero-order chi connectivity index (χ0) is 21.8. The lowest BCUT2D eigenvalue weighted by Crippen LogP contribution is -2.38. The molecule has 2 rings (SSSR count). The highest BCUT2D eigenvalue weighted by Gasteiger charge is 2.27. The number of rotatable bonds is 8. The first kappa shape index (κ1) is 22.6. The van der Waals surface area contributed by atoms with Crippen molar-refractivity contribution in [1.82, 2.24) is 4.31 Å². The number of hydrogen-bond acceptors (Lipinski definition) is 4. The Morgan fingerprint density at radius 3 is 2.38 bits per heavy atom. The highest BCUT2D eigenvalue weighted by atomic mass is 32.2. The molecule has 2 aromatic rings. The minimum absolute atomic E-state index is 0.0275. The summed E-state index contributed by atoms with van der Waals surface area (Å²) in [4.78, 5) is 23.6. The Morgan fingerprint density at radius 2 is 1.76 bits per heavy atom. The van der Waals surface area contributed by atoms with E-state index in [9.17, 15) is 31.2 Å². The van der Waals surface area contributed by atoms with Crippen molar-refractivity contribution in [2.75, 3.05) is 18.4 Å². The van der Waals surface area contributed by atoms with Crippen LogP contribution in [0.5, 0.6) is 0 Å². The predicted molar refractivity (Wildman–Crippen MR) is 100 cm³/mol. The van der Waals surface area contributed by atoms with Gasteiger partial charge in [0.05, 0.1) is 17.1 Å². The first-order valence-corrected chi connectivity index (χ1v) is 10.1. The summed E-state index contributed by atoms with van der Waals surface area (Å²) < 4.78 is 66.7. The van der Waals surface area contributed by atoms with Gasteiger partial charge >= 0.3 is 0 Å². The van der Waals surface area contributed by atoms with Gasteiger partial charge < -0.3 is 5.32 Å². The number of nitrogens with one attached hydrogen (secondary N) is 1. The summed E-state index contributed by atoms with van der Waals surface area (Å²) in [5.74, 6) is -6.01. The van der Waals surface area contributed by atoms with E-state index in [0.717, 1.165) is 10.4 Å². The lowest BCUT2D eigenvalue weighted by molar-refractivity contribution is -0.116. The fourth-order valence-electron chi connectivity index (χ4n) is 2.53. The summed E-state index contributed by atoms with van der Waals surface area (Å²) in [6, 6.07) is 6.83. The molecule has 2 aromatic carbocycles. The van der Waals surface area contributed by atoms with Gasteiger partial charge in [-0.1, -0.05) is 19.1 Å². The Balaban J connectivity index is 2.27. The maximum atomic E-state index is 13.7. The lowest BCUT2D eigenvalue weighted by atomic mass is 10.2. The highest BCUT2D eigenvalue weighted by Crippen LogP contribution is 2.21. The number of carbonyl (C=O) groups excluding carboxylic acids is 2. The Kier molecular flexibility index (Phi) is 7.15. The fourth-order valence-corrected chi connectivity index (χ4v) is 4.07. The Hall–Kier alpha value is -2.72. The molecule has 0 aromatic heterocycles. The first-order valence-electron chi connectivity index (χ1n) is 8.62.